The van der Waals surface area contributed by atoms with Gasteiger partial charge >= 0.3 is 6.03 Å². The Kier molecular flexibility index (Phi) is 5.58. The molecule has 6 nitrogen and oxygen atoms in total. The fourth-order valence-electron chi connectivity index (χ4n) is 3.78. The Morgan fingerprint density at radius 3 is 2.45 bits per heavy atom. The minimum atomic E-state index is -0.345. The second-order valence-electron chi connectivity index (χ2n) is 7.29. The second-order valence-corrected chi connectivity index (χ2v) is 7.72. The molecule has 1 unspecified atom stereocenters. The third kappa shape index (κ3) is 4.45. The largest absolute Gasteiger partial charge is 0.368 e. The van der Waals surface area contributed by atoms with Crippen LogP contribution in [0.5, 0.6) is 0 Å². The van der Waals surface area contributed by atoms with Crippen molar-refractivity contribution in [2.24, 2.45) is 0 Å². The normalized spacial score (nSPS) is 19.6. The van der Waals surface area contributed by atoms with Gasteiger partial charge in [0.05, 0.1) is 6.04 Å². The summed E-state index contributed by atoms with van der Waals surface area (Å²) < 4.78 is 13.1. The van der Waals surface area contributed by atoms with Crippen LogP contribution in [-0.4, -0.2) is 55.6 Å². The number of piperazine rings is 1. The summed E-state index contributed by atoms with van der Waals surface area (Å²) in [6.45, 7) is 3.03. The third-order valence-corrected chi connectivity index (χ3v) is 5.57. The molecule has 2 aliphatic heterocycles. The Labute approximate surface area is 173 Å². The number of carbonyl (C=O) groups is 2. The van der Waals surface area contributed by atoms with Crippen LogP contribution in [0.15, 0.2) is 48.5 Å². The van der Waals surface area contributed by atoms with Crippen LogP contribution in [0.3, 0.4) is 0 Å². The van der Waals surface area contributed by atoms with Crippen LogP contribution >= 0.6 is 11.6 Å². The number of hydrogen-bond acceptors (Lipinski definition) is 3. The summed E-state index contributed by atoms with van der Waals surface area (Å²) in [5.74, 6) is -0.421. The maximum atomic E-state index is 13.1. The number of urea groups is 1. The first kappa shape index (κ1) is 19.5. The van der Waals surface area contributed by atoms with E-state index in [0.717, 1.165) is 18.8 Å². The van der Waals surface area contributed by atoms with E-state index in [9.17, 15) is 14.0 Å². The van der Waals surface area contributed by atoms with Crippen molar-refractivity contribution in [2.75, 3.05) is 42.5 Å². The van der Waals surface area contributed by atoms with Crippen molar-refractivity contribution in [3.05, 3.63) is 59.4 Å². The molecule has 0 bridgehead atoms. The van der Waals surface area contributed by atoms with Crippen LogP contribution in [0, 0.1) is 5.82 Å². The average molecular weight is 417 g/mol. The van der Waals surface area contributed by atoms with E-state index in [0.29, 0.717) is 30.3 Å². The maximum absolute atomic E-state index is 13.1. The summed E-state index contributed by atoms with van der Waals surface area (Å²) in [6, 6.07) is 13.1. The summed E-state index contributed by atoms with van der Waals surface area (Å²) >= 11 is 6.06. The van der Waals surface area contributed by atoms with Gasteiger partial charge in [0.15, 0.2) is 0 Å². The lowest BCUT2D eigenvalue weighted by atomic mass is 10.2. The lowest BCUT2D eigenvalue weighted by Gasteiger charge is -2.36. The van der Waals surface area contributed by atoms with Gasteiger partial charge < -0.3 is 20.0 Å². The van der Waals surface area contributed by atoms with E-state index in [2.05, 4.69) is 10.2 Å². The van der Waals surface area contributed by atoms with Gasteiger partial charge in [-0.05, 0) is 42.5 Å². The van der Waals surface area contributed by atoms with Crippen molar-refractivity contribution < 1.29 is 14.0 Å². The van der Waals surface area contributed by atoms with E-state index < -0.39 is 0 Å². The zero-order valence-electron chi connectivity index (χ0n) is 15.9. The number of nitrogens with zero attached hydrogens (tertiary/aromatic N) is 3. The Morgan fingerprint density at radius 1 is 1.03 bits per heavy atom. The monoisotopic (exact) mass is 416 g/mol. The Morgan fingerprint density at radius 2 is 1.76 bits per heavy atom. The summed E-state index contributed by atoms with van der Waals surface area (Å²) in [5.41, 5.74) is 1.69. The molecule has 0 aromatic heterocycles. The molecule has 1 N–H and O–H groups in total. The van der Waals surface area contributed by atoms with E-state index in [1.807, 2.05) is 24.3 Å². The molecule has 0 radical (unpaired) electrons. The molecular weight excluding hydrogens is 395 g/mol. The van der Waals surface area contributed by atoms with Gasteiger partial charge in [-0.15, -0.1) is 0 Å². The van der Waals surface area contributed by atoms with E-state index in [1.54, 1.807) is 21.9 Å². The summed E-state index contributed by atoms with van der Waals surface area (Å²) in [5, 5.41) is 3.66. The molecule has 2 aromatic carbocycles. The SMILES string of the molecule is O=C(NC1CC(=O)N(c2ccc(F)cc2)C1)N1CCN(c2cccc(Cl)c2)CC1. The van der Waals surface area contributed by atoms with Crippen LogP contribution in [0.2, 0.25) is 5.02 Å². The van der Waals surface area contributed by atoms with Gasteiger partial charge in [0, 0.05) is 55.5 Å². The van der Waals surface area contributed by atoms with Gasteiger partial charge in [-0.3, -0.25) is 4.79 Å². The van der Waals surface area contributed by atoms with Crippen molar-refractivity contribution in [3.8, 4) is 0 Å². The van der Waals surface area contributed by atoms with Gasteiger partial charge in [0.2, 0.25) is 5.91 Å². The number of nitrogens with one attached hydrogen (secondary N) is 1. The molecule has 8 heteroatoms. The Bertz CT molecular complexity index is 900. The molecule has 0 saturated carbocycles. The van der Waals surface area contributed by atoms with Crippen molar-refractivity contribution in [3.63, 3.8) is 0 Å². The number of rotatable bonds is 3. The number of amides is 3. The molecule has 4 rings (SSSR count). The smallest absolute Gasteiger partial charge is 0.317 e. The third-order valence-electron chi connectivity index (χ3n) is 5.33. The predicted molar refractivity (Wildman–Crippen MR) is 111 cm³/mol. The van der Waals surface area contributed by atoms with Crippen LogP contribution in [0.4, 0.5) is 20.6 Å². The van der Waals surface area contributed by atoms with Gasteiger partial charge in [-0.25, -0.2) is 9.18 Å². The highest BCUT2D eigenvalue weighted by Gasteiger charge is 2.33. The first-order valence-corrected chi connectivity index (χ1v) is 9.99. The molecule has 0 aliphatic carbocycles. The minimum absolute atomic E-state index is 0.0762. The number of halogens is 2. The summed E-state index contributed by atoms with van der Waals surface area (Å²) in [4.78, 5) is 30.5. The molecule has 2 fully saturated rings. The lowest BCUT2D eigenvalue weighted by Crippen LogP contribution is -2.53. The molecule has 1 atom stereocenters. The molecule has 3 amide bonds. The van der Waals surface area contributed by atoms with Crippen LogP contribution < -0.4 is 15.1 Å². The van der Waals surface area contributed by atoms with Crippen molar-refractivity contribution >= 4 is 34.9 Å². The van der Waals surface area contributed by atoms with E-state index in [1.165, 1.54) is 12.1 Å². The topological polar surface area (TPSA) is 55.9 Å². The number of benzene rings is 2. The summed E-state index contributed by atoms with van der Waals surface area (Å²) in [6.07, 6.45) is 0.242. The number of carbonyl (C=O) groups excluding carboxylic acids is 2. The van der Waals surface area contributed by atoms with Gasteiger partial charge in [-0.2, -0.15) is 0 Å². The van der Waals surface area contributed by atoms with E-state index in [4.69, 9.17) is 11.6 Å². The van der Waals surface area contributed by atoms with Crippen molar-refractivity contribution in [2.45, 2.75) is 12.5 Å². The second kappa shape index (κ2) is 8.29. The summed E-state index contributed by atoms with van der Waals surface area (Å²) in [7, 11) is 0. The molecule has 152 valence electrons. The Balaban J connectivity index is 1.30. The number of anilines is 2. The fourth-order valence-corrected chi connectivity index (χ4v) is 3.97. The molecule has 2 saturated heterocycles. The van der Waals surface area contributed by atoms with Gasteiger partial charge in [-0.1, -0.05) is 17.7 Å². The quantitative estimate of drug-likeness (QED) is 0.836. The van der Waals surface area contributed by atoms with Gasteiger partial charge in [0.1, 0.15) is 5.82 Å². The molecule has 2 heterocycles. The highest BCUT2D eigenvalue weighted by molar-refractivity contribution is 6.30. The predicted octanol–water partition coefficient (Wildman–Crippen LogP) is 3.12. The van der Waals surface area contributed by atoms with Crippen LogP contribution in [0.25, 0.3) is 0 Å². The average Bonchev–Trinajstić information content (AvgIpc) is 3.08. The van der Waals surface area contributed by atoms with Crippen molar-refractivity contribution in [1.29, 1.82) is 0 Å². The first-order valence-electron chi connectivity index (χ1n) is 9.61. The minimum Gasteiger partial charge on any atom is -0.368 e. The highest BCUT2D eigenvalue weighted by Crippen LogP contribution is 2.23. The maximum Gasteiger partial charge on any atom is 0.317 e. The van der Waals surface area contributed by atoms with Crippen molar-refractivity contribution in [1.82, 2.24) is 10.2 Å². The molecule has 0 spiro atoms. The van der Waals surface area contributed by atoms with Gasteiger partial charge in [0.25, 0.3) is 0 Å². The molecule has 2 aliphatic rings. The highest BCUT2D eigenvalue weighted by atomic mass is 35.5. The first-order chi connectivity index (χ1) is 14.0. The Hall–Kier alpha value is -2.80. The standard InChI is InChI=1S/C21H22ClFN4O2/c22-15-2-1-3-19(12-15)25-8-10-26(11-9-25)21(29)24-17-13-20(28)27(14-17)18-6-4-16(23)5-7-18/h1-7,12,17H,8-11,13-14H2,(H,24,29). The zero-order valence-corrected chi connectivity index (χ0v) is 16.6. The fraction of sp³-hybridized carbons (Fsp3) is 0.333. The van der Waals surface area contributed by atoms with E-state index >= 15 is 0 Å². The van der Waals surface area contributed by atoms with E-state index in [-0.39, 0.29) is 30.2 Å². The molecule has 2 aromatic rings. The molecule has 29 heavy (non-hydrogen) atoms. The molecular formula is C21H22ClFN4O2. The number of hydrogen-bond donors (Lipinski definition) is 1. The van der Waals surface area contributed by atoms with Crippen LogP contribution in [0.1, 0.15) is 6.42 Å². The zero-order chi connectivity index (χ0) is 20.4. The van der Waals surface area contributed by atoms with Crippen LogP contribution in [-0.2, 0) is 4.79 Å². The lowest BCUT2D eigenvalue weighted by molar-refractivity contribution is -0.117.